The Morgan fingerprint density at radius 3 is 2.21 bits per heavy atom. The van der Waals surface area contributed by atoms with E-state index in [9.17, 15) is 0 Å². The molecule has 1 aromatic heterocycles. The first-order valence-electron chi connectivity index (χ1n) is 11.3. The highest BCUT2D eigenvalue weighted by molar-refractivity contribution is 5.85. The normalized spacial score (nSPS) is 22.4. The molecular weight excluding hydrogens is 382 g/mol. The molecule has 5 heteroatoms. The van der Waals surface area contributed by atoms with Crippen LogP contribution in [0, 0.1) is 6.92 Å². The number of aromatic nitrogens is 1. The lowest BCUT2D eigenvalue weighted by atomic mass is 9.89. The van der Waals surface area contributed by atoms with Crippen LogP contribution in [0.15, 0.2) is 30.3 Å². The maximum Gasteiger partial charge on any atom is 0.0706 e. The fourth-order valence-corrected chi connectivity index (χ4v) is 5.06. The summed E-state index contributed by atoms with van der Waals surface area (Å²) in [4.78, 5) is 9.84. The third-order valence-electron chi connectivity index (χ3n) is 7.07. The Balaban J connectivity index is 0.00000205. The second-order valence-corrected chi connectivity index (χ2v) is 8.97. The fourth-order valence-electron chi connectivity index (χ4n) is 5.06. The molecule has 5 rings (SSSR count). The number of likely N-dealkylation sites (tertiary alicyclic amines) is 1. The van der Waals surface area contributed by atoms with Crippen molar-refractivity contribution in [3.05, 3.63) is 36.0 Å². The second-order valence-electron chi connectivity index (χ2n) is 8.97. The van der Waals surface area contributed by atoms with E-state index in [1.54, 1.807) is 0 Å². The molecule has 1 aliphatic carbocycles. The first kappa shape index (κ1) is 20.9. The minimum Gasteiger partial charge on any atom is -0.375 e. The molecule has 158 valence electrons. The molecule has 3 heterocycles. The third kappa shape index (κ3) is 4.70. The second kappa shape index (κ2) is 9.20. The highest BCUT2D eigenvalue weighted by atomic mass is 35.5. The van der Waals surface area contributed by atoms with E-state index in [1.807, 2.05) is 0 Å². The van der Waals surface area contributed by atoms with E-state index < -0.39 is 0 Å². The predicted molar refractivity (Wildman–Crippen MR) is 122 cm³/mol. The SMILES string of the molecule is Cc1ccc2cc(N3CCC(OC4CCN(C5CCC5)CC4)CC3)ccc2n1.Cl. The van der Waals surface area contributed by atoms with E-state index in [0.29, 0.717) is 12.2 Å². The molecule has 2 saturated heterocycles. The summed E-state index contributed by atoms with van der Waals surface area (Å²) in [6.07, 6.45) is 9.97. The monoisotopic (exact) mass is 415 g/mol. The average molecular weight is 416 g/mol. The summed E-state index contributed by atoms with van der Waals surface area (Å²) in [5.41, 5.74) is 3.50. The van der Waals surface area contributed by atoms with Gasteiger partial charge in [-0.05, 0) is 69.7 Å². The quantitative estimate of drug-likeness (QED) is 0.705. The molecule has 1 aromatic carbocycles. The molecule has 1 saturated carbocycles. The van der Waals surface area contributed by atoms with Crippen molar-refractivity contribution < 1.29 is 4.74 Å². The minimum absolute atomic E-state index is 0. The Kier molecular flexibility index (Phi) is 6.63. The van der Waals surface area contributed by atoms with Crippen LogP contribution < -0.4 is 4.90 Å². The number of pyridine rings is 1. The Morgan fingerprint density at radius 2 is 1.55 bits per heavy atom. The third-order valence-corrected chi connectivity index (χ3v) is 7.07. The standard InChI is InChI=1S/C24H33N3O.ClH/c1-18-5-6-19-17-21(7-8-24(19)25-18)27-15-11-23(12-16-27)28-22-9-13-26(14-10-22)20-3-2-4-20;/h5-8,17,20,22-23H,2-4,9-16H2,1H3;1H. The lowest BCUT2D eigenvalue weighted by Crippen LogP contribution is -2.47. The van der Waals surface area contributed by atoms with Crippen LogP contribution in [-0.4, -0.2) is 54.3 Å². The lowest BCUT2D eigenvalue weighted by molar-refractivity contribution is -0.0598. The number of aryl methyl sites for hydroxylation is 1. The van der Waals surface area contributed by atoms with Gasteiger partial charge >= 0.3 is 0 Å². The first-order chi connectivity index (χ1) is 13.7. The van der Waals surface area contributed by atoms with Crippen LogP contribution >= 0.6 is 12.4 Å². The van der Waals surface area contributed by atoms with Crippen molar-refractivity contribution in [3.8, 4) is 0 Å². The van der Waals surface area contributed by atoms with E-state index >= 15 is 0 Å². The number of rotatable bonds is 4. The molecule has 0 bridgehead atoms. The number of halogens is 1. The Morgan fingerprint density at radius 1 is 0.862 bits per heavy atom. The fraction of sp³-hybridized carbons (Fsp3) is 0.625. The van der Waals surface area contributed by atoms with Gasteiger partial charge in [-0.15, -0.1) is 12.4 Å². The Bertz CT molecular complexity index is 809. The summed E-state index contributed by atoms with van der Waals surface area (Å²) < 4.78 is 6.52. The molecule has 0 N–H and O–H groups in total. The predicted octanol–water partition coefficient (Wildman–Crippen LogP) is 4.97. The van der Waals surface area contributed by atoms with Gasteiger partial charge in [-0.2, -0.15) is 0 Å². The summed E-state index contributed by atoms with van der Waals surface area (Å²) >= 11 is 0. The van der Waals surface area contributed by atoms with Crippen LogP contribution in [0.3, 0.4) is 0 Å². The van der Waals surface area contributed by atoms with Crippen LogP contribution in [-0.2, 0) is 4.74 Å². The van der Waals surface area contributed by atoms with Gasteiger partial charge in [-0.3, -0.25) is 4.98 Å². The van der Waals surface area contributed by atoms with Gasteiger partial charge in [0.1, 0.15) is 0 Å². The highest BCUT2D eigenvalue weighted by Gasteiger charge is 2.30. The van der Waals surface area contributed by atoms with Gasteiger partial charge < -0.3 is 14.5 Å². The number of nitrogens with zero attached hydrogens (tertiary/aromatic N) is 3. The zero-order valence-corrected chi connectivity index (χ0v) is 18.4. The summed E-state index contributed by atoms with van der Waals surface area (Å²) in [6.45, 7) is 6.74. The molecule has 0 amide bonds. The van der Waals surface area contributed by atoms with Crippen LogP contribution in [0.2, 0.25) is 0 Å². The zero-order chi connectivity index (χ0) is 18.9. The van der Waals surface area contributed by atoms with Crippen molar-refractivity contribution in [1.29, 1.82) is 0 Å². The molecule has 0 unspecified atom stereocenters. The van der Waals surface area contributed by atoms with Gasteiger partial charge in [-0.1, -0.05) is 12.5 Å². The van der Waals surface area contributed by atoms with E-state index in [4.69, 9.17) is 4.74 Å². The number of fused-ring (bicyclic) bond motifs is 1. The number of anilines is 1. The Hall–Kier alpha value is -1.36. The lowest BCUT2D eigenvalue weighted by Gasteiger charge is -2.43. The van der Waals surface area contributed by atoms with Crippen molar-refractivity contribution in [1.82, 2.24) is 9.88 Å². The number of piperidine rings is 2. The van der Waals surface area contributed by atoms with E-state index in [-0.39, 0.29) is 12.4 Å². The highest BCUT2D eigenvalue weighted by Crippen LogP contribution is 2.30. The van der Waals surface area contributed by atoms with E-state index in [0.717, 1.165) is 43.2 Å². The Labute approximate surface area is 181 Å². The van der Waals surface area contributed by atoms with Gasteiger partial charge in [0.15, 0.2) is 0 Å². The molecule has 0 atom stereocenters. The summed E-state index contributed by atoms with van der Waals surface area (Å²) in [5.74, 6) is 0. The van der Waals surface area contributed by atoms with Gasteiger partial charge in [0.2, 0.25) is 0 Å². The first-order valence-corrected chi connectivity index (χ1v) is 11.3. The molecule has 2 aliphatic heterocycles. The topological polar surface area (TPSA) is 28.6 Å². The number of hydrogen-bond acceptors (Lipinski definition) is 4. The van der Waals surface area contributed by atoms with Crippen molar-refractivity contribution in [2.45, 2.75) is 70.1 Å². The van der Waals surface area contributed by atoms with E-state index in [1.165, 1.54) is 56.3 Å². The number of benzene rings is 1. The van der Waals surface area contributed by atoms with Crippen LogP contribution in [0.1, 0.15) is 50.6 Å². The molecular formula is C24H34ClN3O. The molecule has 3 fully saturated rings. The van der Waals surface area contributed by atoms with E-state index in [2.05, 4.69) is 52.0 Å². The average Bonchev–Trinajstić information content (AvgIpc) is 2.68. The van der Waals surface area contributed by atoms with Gasteiger partial charge in [0.25, 0.3) is 0 Å². The molecule has 3 aliphatic rings. The summed E-state index contributed by atoms with van der Waals surface area (Å²) in [7, 11) is 0. The van der Waals surface area contributed by atoms with Gasteiger partial charge in [0, 0.05) is 49.0 Å². The van der Waals surface area contributed by atoms with Crippen LogP contribution in [0.5, 0.6) is 0 Å². The molecule has 0 radical (unpaired) electrons. The largest absolute Gasteiger partial charge is 0.375 e. The number of ether oxygens (including phenoxy) is 1. The van der Waals surface area contributed by atoms with Crippen LogP contribution in [0.4, 0.5) is 5.69 Å². The molecule has 4 nitrogen and oxygen atoms in total. The summed E-state index contributed by atoms with van der Waals surface area (Å²) in [5, 5.41) is 1.24. The van der Waals surface area contributed by atoms with Crippen molar-refractivity contribution in [2.24, 2.45) is 0 Å². The minimum atomic E-state index is 0. The maximum atomic E-state index is 6.52. The molecule has 29 heavy (non-hydrogen) atoms. The molecule has 0 spiro atoms. The zero-order valence-electron chi connectivity index (χ0n) is 17.6. The van der Waals surface area contributed by atoms with Crippen molar-refractivity contribution in [2.75, 3.05) is 31.1 Å². The van der Waals surface area contributed by atoms with Crippen LogP contribution in [0.25, 0.3) is 10.9 Å². The summed E-state index contributed by atoms with van der Waals surface area (Å²) in [6, 6.07) is 11.9. The number of hydrogen-bond donors (Lipinski definition) is 0. The van der Waals surface area contributed by atoms with Gasteiger partial charge in [-0.25, -0.2) is 0 Å². The molecule has 2 aromatic rings. The van der Waals surface area contributed by atoms with Crippen molar-refractivity contribution >= 4 is 29.0 Å². The maximum absolute atomic E-state index is 6.52. The van der Waals surface area contributed by atoms with Gasteiger partial charge in [0.05, 0.1) is 17.7 Å². The smallest absolute Gasteiger partial charge is 0.0706 e. The van der Waals surface area contributed by atoms with Crippen molar-refractivity contribution in [3.63, 3.8) is 0 Å².